The van der Waals surface area contributed by atoms with E-state index in [-0.39, 0.29) is 22.7 Å². The van der Waals surface area contributed by atoms with E-state index in [1.165, 1.54) is 4.68 Å². The van der Waals surface area contributed by atoms with Gasteiger partial charge in [-0.2, -0.15) is 0 Å². The molecule has 0 aliphatic heterocycles. The molecule has 0 unspecified atom stereocenters. The largest absolute Gasteiger partial charge is 0.497 e. The van der Waals surface area contributed by atoms with E-state index in [2.05, 4.69) is 10.6 Å². The second-order valence-corrected chi connectivity index (χ2v) is 7.62. The summed E-state index contributed by atoms with van der Waals surface area (Å²) in [7, 11) is 3.30. The van der Waals surface area contributed by atoms with Gasteiger partial charge in [-0.05, 0) is 55.5 Å². The van der Waals surface area contributed by atoms with Crippen LogP contribution in [0.3, 0.4) is 0 Å². The number of ether oxygens (including phenoxy) is 1. The lowest BCUT2D eigenvalue weighted by molar-refractivity contribution is 0.102. The Labute approximate surface area is 196 Å². The summed E-state index contributed by atoms with van der Waals surface area (Å²) in [6.07, 6.45) is 0. The summed E-state index contributed by atoms with van der Waals surface area (Å²) in [6.45, 7) is 1.76. The number of amides is 2. The molecule has 0 aliphatic carbocycles. The highest BCUT2D eigenvalue weighted by molar-refractivity contribution is 6.12. The highest BCUT2D eigenvalue weighted by Crippen LogP contribution is 2.20. The minimum Gasteiger partial charge on any atom is -0.497 e. The van der Waals surface area contributed by atoms with Crippen molar-refractivity contribution in [3.05, 3.63) is 106 Å². The predicted molar refractivity (Wildman–Crippen MR) is 131 cm³/mol. The summed E-state index contributed by atoms with van der Waals surface area (Å²) < 4.78 is 8.29. The smallest absolute Gasteiger partial charge is 0.295 e. The molecule has 0 spiro atoms. The van der Waals surface area contributed by atoms with Crippen LogP contribution in [0.15, 0.2) is 83.7 Å². The van der Waals surface area contributed by atoms with Crippen molar-refractivity contribution in [1.82, 2.24) is 9.36 Å². The molecule has 172 valence electrons. The molecule has 34 heavy (non-hydrogen) atoms. The Morgan fingerprint density at radius 2 is 1.47 bits per heavy atom. The number of para-hydroxylation sites is 2. The molecule has 1 heterocycles. The van der Waals surface area contributed by atoms with Gasteiger partial charge in [-0.1, -0.05) is 30.3 Å². The Balaban J connectivity index is 1.61. The van der Waals surface area contributed by atoms with Gasteiger partial charge in [0.15, 0.2) is 0 Å². The first-order valence-corrected chi connectivity index (χ1v) is 10.6. The van der Waals surface area contributed by atoms with Gasteiger partial charge < -0.3 is 15.4 Å². The summed E-state index contributed by atoms with van der Waals surface area (Å²) in [5.74, 6) is -0.238. The molecule has 0 bridgehead atoms. The molecule has 0 aliphatic rings. The van der Waals surface area contributed by atoms with Crippen molar-refractivity contribution in [3.8, 4) is 11.4 Å². The third kappa shape index (κ3) is 4.33. The van der Waals surface area contributed by atoms with E-state index in [0.717, 1.165) is 0 Å². The maximum absolute atomic E-state index is 13.2. The van der Waals surface area contributed by atoms with Crippen molar-refractivity contribution < 1.29 is 14.3 Å². The monoisotopic (exact) mass is 456 g/mol. The summed E-state index contributed by atoms with van der Waals surface area (Å²) in [6, 6.07) is 22.4. The first-order valence-electron chi connectivity index (χ1n) is 10.6. The first-order chi connectivity index (χ1) is 16.4. The molecular weight excluding hydrogens is 432 g/mol. The van der Waals surface area contributed by atoms with E-state index in [9.17, 15) is 14.4 Å². The summed E-state index contributed by atoms with van der Waals surface area (Å²) >= 11 is 0. The number of carbonyl (C=O) groups is 2. The van der Waals surface area contributed by atoms with Crippen LogP contribution in [0, 0.1) is 6.92 Å². The fourth-order valence-corrected chi connectivity index (χ4v) is 3.62. The van der Waals surface area contributed by atoms with Crippen LogP contribution < -0.4 is 20.9 Å². The fourth-order valence-electron chi connectivity index (χ4n) is 3.62. The molecular formula is C26H24N4O4. The Bertz CT molecular complexity index is 1400. The van der Waals surface area contributed by atoms with Gasteiger partial charge >= 0.3 is 0 Å². The van der Waals surface area contributed by atoms with Gasteiger partial charge in [-0.3, -0.25) is 19.1 Å². The van der Waals surface area contributed by atoms with Crippen molar-refractivity contribution in [1.29, 1.82) is 0 Å². The molecule has 2 amide bonds. The lowest BCUT2D eigenvalue weighted by atomic mass is 10.1. The molecule has 8 nitrogen and oxygen atoms in total. The third-order valence-corrected chi connectivity index (χ3v) is 5.56. The van der Waals surface area contributed by atoms with Gasteiger partial charge in [0.05, 0.1) is 29.7 Å². The number of benzene rings is 3. The normalized spacial score (nSPS) is 10.6. The van der Waals surface area contributed by atoms with Crippen LogP contribution in [0.25, 0.3) is 5.69 Å². The van der Waals surface area contributed by atoms with Gasteiger partial charge in [0.2, 0.25) is 0 Å². The van der Waals surface area contributed by atoms with Gasteiger partial charge in [0.25, 0.3) is 17.4 Å². The van der Waals surface area contributed by atoms with Crippen LogP contribution in [0.5, 0.6) is 5.75 Å². The fraction of sp³-hybridized carbons (Fsp3) is 0.115. The second kappa shape index (κ2) is 9.50. The van der Waals surface area contributed by atoms with Crippen LogP contribution in [-0.2, 0) is 7.05 Å². The Hall–Kier alpha value is -4.59. The number of anilines is 2. The number of methoxy groups -OCH3 is 1. The zero-order valence-corrected chi connectivity index (χ0v) is 19.0. The van der Waals surface area contributed by atoms with Crippen LogP contribution in [0.4, 0.5) is 11.4 Å². The maximum Gasteiger partial charge on any atom is 0.295 e. The molecule has 4 rings (SSSR count). The molecule has 0 radical (unpaired) electrons. The first kappa shape index (κ1) is 22.6. The Morgan fingerprint density at radius 3 is 2.15 bits per heavy atom. The standard InChI is InChI=1S/C26H24N4O4/c1-17-23(26(33)30(29(17)2)19-9-5-4-6-10-19)28-25(32)21-11-7-8-12-22(21)27-24(31)18-13-15-20(34-3)16-14-18/h4-16H,1-3H3,(H,27,31)(H,28,32). The van der Waals surface area contributed by atoms with Crippen molar-refractivity contribution in [3.63, 3.8) is 0 Å². The minimum atomic E-state index is -0.503. The molecule has 0 saturated heterocycles. The number of carbonyl (C=O) groups excluding carboxylic acids is 2. The van der Waals surface area contributed by atoms with Crippen LogP contribution in [-0.4, -0.2) is 28.3 Å². The summed E-state index contributed by atoms with van der Waals surface area (Å²) in [5, 5.41) is 5.51. The number of nitrogens with zero attached hydrogens (tertiary/aromatic N) is 2. The number of rotatable bonds is 6. The average molecular weight is 457 g/mol. The van der Waals surface area contributed by atoms with E-state index in [1.807, 2.05) is 30.3 Å². The molecule has 0 saturated carbocycles. The van der Waals surface area contributed by atoms with Crippen LogP contribution >= 0.6 is 0 Å². The number of nitrogens with one attached hydrogen (secondary N) is 2. The second-order valence-electron chi connectivity index (χ2n) is 7.62. The number of hydrogen-bond donors (Lipinski definition) is 2. The zero-order chi connectivity index (χ0) is 24.2. The quantitative estimate of drug-likeness (QED) is 0.459. The van der Waals surface area contributed by atoms with Crippen molar-refractivity contribution in [2.75, 3.05) is 17.7 Å². The molecule has 2 N–H and O–H groups in total. The summed E-state index contributed by atoms with van der Waals surface area (Å²) in [5.41, 5.74) is 2.09. The molecule has 0 atom stereocenters. The minimum absolute atomic E-state index is 0.174. The lowest BCUT2D eigenvalue weighted by Gasteiger charge is -2.11. The predicted octanol–water partition coefficient (Wildman–Crippen LogP) is 4.00. The van der Waals surface area contributed by atoms with E-state index in [0.29, 0.717) is 28.4 Å². The number of hydrogen-bond acceptors (Lipinski definition) is 4. The highest BCUT2D eigenvalue weighted by Gasteiger charge is 2.21. The van der Waals surface area contributed by atoms with E-state index < -0.39 is 5.91 Å². The molecule has 4 aromatic rings. The van der Waals surface area contributed by atoms with Crippen molar-refractivity contribution in [2.45, 2.75) is 6.92 Å². The van der Waals surface area contributed by atoms with Gasteiger partial charge in [0.1, 0.15) is 11.4 Å². The highest BCUT2D eigenvalue weighted by atomic mass is 16.5. The van der Waals surface area contributed by atoms with Gasteiger partial charge in [-0.15, -0.1) is 0 Å². The molecule has 0 fully saturated rings. The molecule has 1 aromatic heterocycles. The van der Waals surface area contributed by atoms with E-state index in [1.54, 1.807) is 74.3 Å². The Morgan fingerprint density at radius 1 is 0.824 bits per heavy atom. The summed E-state index contributed by atoms with van der Waals surface area (Å²) in [4.78, 5) is 39.0. The third-order valence-electron chi connectivity index (χ3n) is 5.56. The molecule has 8 heteroatoms. The lowest BCUT2D eigenvalue weighted by Crippen LogP contribution is -2.23. The van der Waals surface area contributed by atoms with Gasteiger partial charge in [-0.25, -0.2) is 4.68 Å². The maximum atomic E-state index is 13.2. The van der Waals surface area contributed by atoms with Crippen molar-refractivity contribution >= 4 is 23.2 Å². The molecule has 3 aromatic carbocycles. The Kier molecular flexibility index (Phi) is 6.31. The van der Waals surface area contributed by atoms with Gasteiger partial charge in [0, 0.05) is 12.6 Å². The van der Waals surface area contributed by atoms with Crippen LogP contribution in [0.2, 0.25) is 0 Å². The van der Waals surface area contributed by atoms with Crippen molar-refractivity contribution in [2.24, 2.45) is 7.05 Å². The van der Waals surface area contributed by atoms with E-state index in [4.69, 9.17) is 4.74 Å². The topological polar surface area (TPSA) is 94.4 Å². The van der Waals surface area contributed by atoms with Crippen LogP contribution in [0.1, 0.15) is 26.4 Å². The number of aromatic nitrogens is 2. The average Bonchev–Trinajstić information content (AvgIpc) is 3.07. The SMILES string of the molecule is COc1ccc(C(=O)Nc2ccccc2C(=O)Nc2c(C)n(C)n(-c3ccccc3)c2=O)cc1. The zero-order valence-electron chi connectivity index (χ0n) is 19.0. The van der Waals surface area contributed by atoms with E-state index >= 15 is 0 Å².